The van der Waals surface area contributed by atoms with Crippen molar-refractivity contribution in [3.63, 3.8) is 0 Å². The lowest BCUT2D eigenvalue weighted by molar-refractivity contribution is 0.200. The monoisotopic (exact) mass is 313 g/mol. The Morgan fingerprint density at radius 3 is 3.06 bits per heavy atom. The molecular weight excluding hydrogens is 298 g/mol. The Balaban J connectivity index is 1.83. The first-order chi connectivity index (χ1) is 8.81. The van der Waals surface area contributed by atoms with Crippen molar-refractivity contribution in [1.29, 1.82) is 0 Å². The maximum Gasteiger partial charge on any atom is 0.243 e. The summed E-state index contributed by atoms with van der Waals surface area (Å²) in [6.07, 6.45) is 1.87. The van der Waals surface area contributed by atoms with Crippen LogP contribution in [0.15, 0.2) is 22.8 Å². The van der Waals surface area contributed by atoms with Crippen molar-refractivity contribution >= 4 is 27.5 Å². The van der Waals surface area contributed by atoms with Crippen molar-refractivity contribution in [1.82, 2.24) is 19.9 Å². The van der Waals surface area contributed by atoms with Gasteiger partial charge in [-0.25, -0.2) is 4.52 Å². The molecule has 6 nitrogen and oxygen atoms in total. The van der Waals surface area contributed by atoms with Gasteiger partial charge >= 0.3 is 0 Å². The topological polar surface area (TPSA) is 63.5 Å². The van der Waals surface area contributed by atoms with Gasteiger partial charge in [-0.15, -0.1) is 5.10 Å². The number of rotatable bonds is 7. The van der Waals surface area contributed by atoms with Crippen molar-refractivity contribution in [3.05, 3.63) is 22.8 Å². The Hall–Kier alpha value is -1.18. The second kappa shape index (κ2) is 6.67. The fraction of sp³-hybridized carbons (Fsp3) is 0.455. The molecule has 2 aromatic heterocycles. The van der Waals surface area contributed by atoms with Gasteiger partial charge in [-0.05, 0) is 28.1 Å². The van der Waals surface area contributed by atoms with Crippen LogP contribution in [0, 0.1) is 0 Å². The number of methoxy groups -OCH3 is 1. The summed E-state index contributed by atoms with van der Waals surface area (Å²) in [5.41, 5.74) is 0.812. The average molecular weight is 314 g/mol. The molecule has 0 radical (unpaired) electrons. The van der Waals surface area contributed by atoms with E-state index in [1.807, 2.05) is 18.3 Å². The van der Waals surface area contributed by atoms with Crippen molar-refractivity contribution in [3.8, 4) is 0 Å². The van der Waals surface area contributed by atoms with Crippen LogP contribution in [0.5, 0.6) is 0 Å². The quantitative estimate of drug-likeness (QED) is 0.751. The fourth-order valence-electron chi connectivity index (χ4n) is 1.51. The minimum Gasteiger partial charge on any atom is -0.383 e. The number of anilines is 1. The summed E-state index contributed by atoms with van der Waals surface area (Å²) in [5, 5.41) is 10.7. The molecule has 0 aliphatic rings. The normalized spacial score (nSPS) is 11.0. The third-order valence-electron chi connectivity index (χ3n) is 2.38. The molecule has 0 spiro atoms. The van der Waals surface area contributed by atoms with Gasteiger partial charge in [-0.3, -0.25) is 0 Å². The summed E-state index contributed by atoms with van der Waals surface area (Å²) in [4.78, 5) is 4.39. The number of pyridine rings is 1. The summed E-state index contributed by atoms with van der Waals surface area (Å²) >= 11 is 3.44. The number of ether oxygens (including phenoxy) is 1. The van der Waals surface area contributed by atoms with Gasteiger partial charge in [0.1, 0.15) is 0 Å². The Morgan fingerprint density at radius 1 is 1.39 bits per heavy atom. The average Bonchev–Trinajstić information content (AvgIpc) is 2.78. The molecule has 98 valence electrons. The molecule has 2 rings (SSSR count). The highest BCUT2D eigenvalue weighted by molar-refractivity contribution is 9.10. The zero-order chi connectivity index (χ0) is 12.8. The molecule has 0 bridgehead atoms. The predicted molar refractivity (Wildman–Crippen MR) is 73.9 cm³/mol. The van der Waals surface area contributed by atoms with Crippen LogP contribution in [0.3, 0.4) is 0 Å². The molecule has 2 N–H and O–H groups in total. The van der Waals surface area contributed by atoms with Crippen molar-refractivity contribution < 1.29 is 4.74 Å². The van der Waals surface area contributed by atoms with E-state index in [0.29, 0.717) is 5.95 Å². The number of nitrogens with one attached hydrogen (secondary N) is 2. The largest absolute Gasteiger partial charge is 0.383 e. The third-order valence-corrected chi connectivity index (χ3v) is 3.00. The summed E-state index contributed by atoms with van der Waals surface area (Å²) in [7, 11) is 1.69. The van der Waals surface area contributed by atoms with Gasteiger partial charge in [-0.1, -0.05) is 0 Å². The molecule has 2 aromatic rings. The summed E-state index contributed by atoms with van der Waals surface area (Å²) in [5.74, 6) is 0.635. The minimum absolute atomic E-state index is 0.635. The lowest BCUT2D eigenvalue weighted by Crippen LogP contribution is -2.25. The molecular formula is C11H16BrN5O. The second-order valence-corrected chi connectivity index (χ2v) is 4.58. The van der Waals surface area contributed by atoms with Gasteiger partial charge in [0, 0.05) is 32.9 Å². The molecule has 0 unspecified atom stereocenters. The number of hydrogen-bond donors (Lipinski definition) is 2. The smallest absolute Gasteiger partial charge is 0.243 e. The molecule has 0 aliphatic heterocycles. The highest BCUT2D eigenvalue weighted by atomic mass is 79.9. The number of hydrogen-bond acceptors (Lipinski definition) is 5. The predicted octanol–water partition coefficient (Wildman–Crippen LogP) is 1.14. The zero-order valence-corrected chi connectivity index (χ0v) is 11.8. The third kappa shape index (κ3) is 3.41. The van der Waals surface area contributed by atoms with E-state index in [0.717, 1.165) is 36.4 Å². The molecule has 7 heteroatoms. The number of halogens is 1. The highest BCUT2D eigenvalue weighted by Gasteiger charge is 2.04. The Labute approximate surface area is 114 Å². The first-order valence-electron chi connectivity index (χ1n) is 5.75. The minimum atomic E-state index is 0.635. The van der Waals surface area contributed by atoms with Crippen LogP contribution >= 0.6 is 15.9 Å². The van der Waals surface area contributed by atoms with Gasteiger partial charge in [0.15, 0.2) is 5.65 Å². The second-order valence-electron chi connectivity index (χ2n) is 3.73. The van der Waals surface area contributed by atoms with Crippen LogP contribution in [-0.2, 0) is 4.74 Å². The van der Waals surface area contributed by atoms with E-state index in [9.17, 15) is 0 Å². The van der Waals surface area contributed by atoms with E-state index in [2.05, 4.69) is 36.6 Å². The van der Waals surface area contributed by atoms with Gasteiger partial charge in [0.2, 0.25) is 5.95 Å². The summed E-state index contributed by atoms with van der Waals surface area (Å²) < 4.78 is 7.62. The molecule has 0 aromatic carbocycles. The van der Waals surface area contributed by atoms with Gasteiger partial charge in [0.05, 0.1) is 11.1 Å². The van der Waals surface area contributed by atoms with Crippen LogP contribution in [0.2, 0.25) is 0 Å². The highest BCUT2D eigenvalue weighted by Crippen LogP contribution is 2.16. The zero-order valence-electron chi connectivity index (χ0n) is 10.2. The van der Waals surface area contributed by atoms with E-state index in [4.69, 9.17) is 4.74 Å². The van der Waals surface area contributed by atoms with E-state index < -0.39 is 0 Å². The molecule has 18 heavy (non-hydrogen) atoms. The van der Waals surface area contributed by atoms with Crippen LogP contribution in [0.4, 0.5) is 5.95 Å². The molecule has 0 atom stereocenters. The van der Waals surface area contributed by atoms with Crippen LogP contribution in [0.1, 0.15) is 0 Å². The molecule has 0 fully saturated rings. The van der Waals surface area contributed by atoms with Crippen LogP contribution in [-0.4, -0.2) is 47.9 Å². The maximum atomic E-state index is 4.94. The number of nitrogens with zero attached hydrogens (tertiary/aromatic N) is 3. The molecule has 0 aliphatic carbocycles. The number of fused-ring (bicyclic) bond motifs is 1. The van der Waals surface area contributed by atoms with E-state index >= 15 is 0 Å². The van der Waals surface area contributed by atoms with Gasteiger partial charge in [-0.2, -0.15) is 4.98 Å². The lowest BCUT2D eigenvalue weighted by atomic mass is 10.5. The fourth-order valence-corrected chi connectivity index (χ4v) is 1.93. The first-order valence-corrected chi connectivity index (χ1v) is 6.55. The Kier molecular flexibility index (Phi) is 4.91. The summed E-state index contributed by atoms with van der Waals surface area (Å²) in [6.45, 7) is 3.19. The lowest BCUT2D eigenvalue weighted by Gasteiger charge is -2.03. The molecule has 0 saturated carbocycles. The summed E-state index contributed by atoms with van der Waals surface area (Å²) in [6, 6.07) is 3.86. The van der Waals surface area contributed by atoms with Crippen molar-refractivity contribution in [2.24, 2.45) is 0 Å². The van der Waals surface area contributed by atoms with Crippen molar-refractivity contribution in [2.75, 3.05) is 38.7 Å². The van der Waals surface area contributed by atoms with Gasteiger partial charge in [0.25, 0.3) is 0 Å². The van der Waals surface area contributed by atoms with Crippen LogP contribution in [0.25, 0.3) is 5.65 Å². The standard InChI is InChI=1S/C11H16BrN5O/c1-18-8-6-13-4-5-14-11-15-10-9(12)3-2-7-17(10)16-11/h2-3,7,13H,4-6,8H2,1H3,(H,14,16). The molecule has 0 saturated heterocycles. The Morgan fingerprint density at radius 2 is 2.28 bits per heavy atom. The molecule has 2 heterocycles. The first kappa shape index (κ1) is 13.3. The Bertz CT molecular complexity index is 501. The molecule has 0 amide bonds. The van der Waals surface area contributed by atoms with Crippen molar-refractivity contribution in [2.45, 2.75) is 0 Å². The van der Waals surface area contributed by atoms with E-state index in [-0.39, 0.29) is 0 Å². The van der Waals surface area contributed by atoms with E-state index in [1.165, 1.54) is 0 Å². The maximum absolute atomic E-state index is 4.94. The number of aromatic nitrogens is 3. The SMILES string of the molecule is COCCNCCNc1nc2c(Br)cccn2n1. The van der Waals surface area contributed by atoms with E-state index in [1.54, 1.807) is 11.6 Å². The van der Waals surface area contributed by atoms with Gasteiger partial charge < -0.3 is 15.4 Å². The van der Waals surface area contributed by atoms with Crippen LogP contribution < -0.4 is 10.6 Å².